The molecular formula is C17H23N3. The van der Waals surface area contributed by atoms with Crippen LogP contribution >= 0.6 is 0 Å². The van der Waals surface area contributed by atoms with Gasteiger partial charge in [0.15, 0.2) is 0 Å². The summed E-state index contributed by atoms with van der Waals surface area (Å²) >= 11 is 0. The van der Waals surface area contributed by atoms with Crippen LogP contribution in [0, 0.1) is 11.8 Å². The van der Waals surface area contributed by atoms with Gasteiger partial charge in [0.05, 0.1) is 5.69 Å². The summed E-state index contributed by atoms with van der Waals surface area (Å²) in [6.07, 6.45) is 5.72. The summed E-state index contributed by atoms with van der Waals surface area (Å²) in [7, 11) is 0. The number of aromatic nitrogens is 2. The molecule has 0 amide bonds. The number of aromatic amines is 1. The highest BCUT2D eigenvalue weighted by Gasteiger charge is 2.23. The van der Waals surface area contributed by atoms with Crippen LogP contribution in [-0.2, 0) is 0 Å². The monoisotopic (exact) mass is 269 g/mol. The molecule has 2 unspecified atom stereocenters. The van der Waals surface area contributed by atoms with Crippen molar-refractivity contribution >= 4 is 5.69 Å². The topological polar surface area (TPSA) is 40.7 Å². The molecule has 0 aliphatic heterocycles. The Hall–Kier alpha value is -1.77. The van der Waals surface area contributed by atoms with Crippen LogP contribution in [0.25, 0.3) is 11.3 Å². The van der Waals surface area contributed by atoms with Crippen molar-refractivity contribution in [1.29, 1.82) is 0 Å². The van der Waals surface area contributed by atoms with Gasteiger partial charge in [0.1, 0.15) is 0 Å². The Balaban J connectivity index is 1.66. The maximum atomic E-state index is 3.99. The Kier molecular flexibility index (Phi) is 3.77. The first-order valence-electron chi connectivity index (χ1n) is 7.57. The lowest BCUT2D eigenvalue weighted by molar-refractivity contribution is 0.281. The molecule has 0 spiro atoms. The molecule has 1 aromatic carbocycles. The van der Waals surface area contributed by atoms with E-state index >= 15 is 0 Å². The van der Waals surface area contributed by atoms with Crippen LogP contribution in [0.4, 0.5) is 5.69 Å². The highest BCUT2D eigenvalue weighted by Crippen LogP contribution is 2.30. The van der Waals surface area contributed by atoms with E-state index in [0.29, 0.717) is 6.04 Å². The Morgan fingerprint density at radius 2 is 1.70 bits per heavy atom. The molecule has 2 N–H and O–H groups in total. The van der Waals surface area contributed by atoms with Crippen molar-refractivity contribution in [3.05, 3.63) is 36.5 Å². The Morgan fingerprint density at radius 1 is 1.00 bits per heavy atom. The molecule has 1 fully saturated rings. The van der Waals surface area contributed by atoms with Gasteiger partial charge in [0, 0.05) is 17.9 Å². The molecule has 0 bridgehead atoms. The molecule has 3 nitrogen and oxygen atoms in total. The quantitative estimate of drug-likeness (QED) is 0.871. The van der Waals surface area contributed by atoms with Crippen LogP contribution in [0.1, 0.15) is 33.1 Å². The van der Waals surface area contributed by atoms with E-state index in [-0.39, 0.29) is 0 Å². The summed E-state index contributed by atoms with van der Waals surface area (Å²) in [5.74, 6) is 1.67. The lowest BCUT2D eigenvalue weighted by atomic mass is 9.80. The standard InChI is InChI=1S/C17H23N3/c1-12-9-13(2)11-16(10-12)19-15-5-3-14(4-6-15)17-7-8-18-20-17/h3-8,12-13,16,19H,9-11H2,1-2H3,(H,18,20). The van der Waals surface area contributed by atoms with Gasteiger partial charge >= 0.3 is 0 Å². The van der Waals surface area contributed by atoms with Crippen molar-refractivity contribution < 1.29 is 0 Å². The predicted octanol–water partition coefficient (Wildman–Crippen LogP) is 4.31. The van der Waals surface area contributed by atoms with E-state index in [2.05, 4.69) is 53.6 Å². The van der Waals surface area contributed by atoms with Gasteiger partial charge in [-0.3, -0.25) is 5.10 Å². The van der Waals surface area contributed by atoms with Gasteiger partial charge in [-0.1, -0.05) is 26.0 Å². The molecule has 0 saturated heterocycles. The Morgan fingerprint density at radius 3 is 2.30 bits per heavy atom. The van der Waals surface area contributed by atoms with E-state index in [1.807, 2.05) is 6.07 Å². The van der Waals surface area contributed by atoms with Gasteiger partial charge in [-0.25, -0.2) is 0 Å². The fraction of sp³-hybridized carbons (Fsp3) is 0.471. The van der Waals surface area contributed by atoms with E-state index in [1.165, 1.54) is 30.5 Å². The summed E-state index contributed by atoms with van der Waals surface area (Å²) in [6, 6.07) is 11.2. The van der Waals surface area contributed by atoms with E-state index < -0.39 is 0 Å². The molecule has 1 heterocycles. The third-order valence-electron chi connectivity index (χ3n) is 4.25. The van der Waals surface area contributed by atoms with Gasteiger partial charge < -0.3 is 5.32 Å². The molecule has 1 saturated carbocycles. The lowest BCUT2D eigenvalue weighted by Gasteiger charge is -2.32. The summed E-state index contributed by atoms with van der Waals surface area (Å²) in [4.78, 5) is 0. The normalized spacial score (nSPS) is 26.4. The molecule has 3 heteroatoms. The van der Waals surface area contributed by atoms with Gasteiger partial charge in [-0.2, -0.15) is 5.10 Å². The molecular weight excluding hydrogens is 246 g/mol. The van der Waals surface area contributed by atoms with Crippen molar-refractivity contribution in [2.45, 2.75) is 39.2 Å². The third kappa shape index (κ3) is 3.03. The summed E-state index contributed by atoms with van der Waals surface area (Å²) < 4.78 is 0. The van der Waals surface area contributed by atoms with Gasteiger partial charge in [-0.05, 0) is 54.9 Å². The molecule has 3 rings (SSSR count). The minimum Gasteiger partial charge on any atom is -0.382 e. The predicted molar refractivity (Wildman–Crippen MR) is 83.6 cm³/mol. The van der Waals surface area contributed by atoms with Gasteiger partial charge in [0.25, 0.3) is 0 Å². The first kappa shape index (κ1) is 13.2. The second-order valence-electron chi connectivity index (χ2n) is 6.31. The van der Waals surface area contributed by atoms with Crippen LogP contribution in [-0.4, -0.2) is 16.2 Å². The number of rotatable bonds is 3. The van der Waals surface area contributed by atoms with Crippen molar-refractivity contribution in [2.24, 2.45) is 11.8 Å². The van der Waals surface area contributed by atoms with Crippen LogP contribution in [0.3, 0.4) is 0 Å². The van der Waals surface area contributed by atoms with Crippen molar-refractivity contribution in [2.75, 3.05) is 5.32 Å². The van der Waals surface area contributed by atoms with Crippen molar-refractivity contribution in [3.63, 3.8) is 0 Å². The molecule has 1 aromatic heterocycles. The average molecular weight is 269 g/mol. The SMILES string of the molecule is CC1CC(C)CC(Nc2ccc(-c3ccn[nH]3)cc2)C1. The minimum absolute atomic E-state index is 0.617. The smallest absolute Gasteiger partial charge is 0.0650 e. The maximum absolute atomic E-state index is 3.99. The van der Waals surface area contributed by atoms with E-state index in [9.17, 15) is 0 Å². The number of H-pyrrole nitrogens is 1. The average Bonchev–Trinajstić information content (AvgIpc) is 2.92. The lowest BCUT2D eigenvalue weighted by Crippen LogP contribution is -2.30. The van der Waals surface area contributed by atoms with Crippen LogP contribution in [0.2, 0.25) is 0 Å². The van der Waals surface area contributed by atoms with Gasteiger partial charge in [-0.15, -0.1) is 0 Å². The summed E-state index contributed by atoms with van der Waals surface area (Å²) in [5.41, 5.74) is 3.47. The zero-order valence-electron chi connectivity index (χ0n) is 12.3. The highest BCUT2D eigenvalue weighted by molar-refractivity contribution is 5.62. The second-order valence-corrected chi connectivity index (χ2v) is 6.31. The summed E-state index contributed by atoms with van der Waals surface area (Å²) in [6.45, 7) is 4.73. The van der Waals surface area contributed by atoms with E-state index in [0.717, 1.165) is 17.5 Å². The first-order chi connectivity index (χ1) is 9.70. The minimum atomic E-state index is 0.617. The third-order valence-corrected chi connectivity index (χ3v) is 4.25. The largest absolute Gasteiger partial charge is 0.382 e. The number of hydrogen-bond acceptors (Lipinski definition) is 2. The van der Waals surface area contributed by atoms with Crippen LogP contribution in [0.15, 0.2) is 36.5 Å². The fourth-order valence-electron chi connectivity index (χ4n) is 3.46. The Bertz CT molecular complexity index is 520. The molecule has 106 valence electrons. The van der Waals surface area contributed by atoms with Crippen molar-refractivity contribution in [3.8, 4) is 11.3 Å². The molecule has 20 heavy (non-hydrogen) atoms. The van der Waals surface area contributed by atoms with E-state index in [1.54, 1.807) is 6.20 Å². The molecule has 2 atom stereocenters. The second kappa shape index (κ2) is 5.70. The molecule has 2 aromatic rings. The van der Waals surface area contributed by atoms with Crippen LogP contribution < -0.4 is 5.32 Å². The maximum Gasteiger partial charge on any atom is 0.0650 e. The highest BCUT2D eigenvalue weighted by atomic mass is 15.1. The first-order valence-corrected chi connectivity index (χ1v) is 7.57. The molecule has 1 aliphatic carbocycles. The zero-order chi connectivity index (χ0) is 13.9. The molecule has 1 aliphatic rings. The Labute approximate surface area is 120 Å². The number of benzene rings is 1. The molecule has 0 radical (unpaired) electrons. The number of nitrogens with zero attached hydrogens (tertiary/aromatic N) is 1. The summed E-state index contributed by atoms with van der Waals surface area (Å²) in [5, 5.41) is 10.7. The number of hydrogen-bond donors (Lipinski definition) is 2. The zero-order valence-corrected chi connectivity index (χ0v) is 12.3. The fourth-order valence-corrected chi connectivity index (χ4v) is 3.46. The van der Waals surface area contributed by atoms with Gasteiger partial charge in [0.2, 0.25) is 0 Å². The van der Waals surface area contributed by atoms with Crippen LogP contribution in [0.5, 0.6) is 0 Å². The van der Waals surface area contributed by atoms with E-state index in [4.69, 9.17) is 0 Å². The number of anilines is 1. The van der Waals surface area contributed by atoms with Crippen molar-refractivity contribution in [1.82, 2.24) is 10.2 Å². The number of nitrogens with one attached hydrogen (secondary N) is 2.